The SMILES string of the molecule is CC(=O)Oc1cccc(C(=O)NCCNC(=O)CCc2ccc(Br)cc2)c1. The number of carbonyl (C=O) groups is 3. The van der Waals surface area contributed by atoms with E-state index in [9.17, 15) is 14.4 Å². The highest BCUT2D eigenvalue weighted by molar-refractivity contribution is 9.10. The molecule has 0 unspecified atom stereocenters. The predicted octanol–water partition coefficient (Wildman–Crippen LogP) is 2.85. The lowest BCUT2D eigenvalue weighted by atomic mass is 10.1. The minimum Gasteiger partial charge on any atom is -0.427 e. The summed E-state index contributed by atoms with van der Waals surface area (Å²) in [7, 11) is 0. The van der Waals surface area contributed by atoms with Gasteiger partial charge in [0.15, 0.2) is 0 Å². The Balaban J connectivity index is 1.68. The summed E-state index contributed by atoms with van der Waals surface area (Å²) in [5, 5.41) is 5.49. The average Bonchev–Trinajstić information content (AvgIpc) is 2.64. The maximum atomic E-state index is 12.1. The Morgan fingerprint density at radius 3 is 2.41 bits per heavy atom. The Labute approximate surface area is 166 Å². The number of carbonyl (C=O) groups excluding carboxylic acids is 3. The first-order valence-corrected chi connectivity index (χ1v) is 9.31. The largest absolute Gasteiger partial charge is 0.427 e. The summed E-state index contributed by atoms with van der Waals surface area (Å²) in [6, 6.07) is 14.2. The minimum atomic E-state index is -0.446. The van der Waals surface area contributed by atoms with Crippen molar-refractivity contribution in [2.24, 2.45) is 0 Å². The van der Waals surface area contributed by atoms with Gasteiger partial charge in [0, 0.05) is 36.5 Å². The molecule has 2 amide bonds. The minimum absolute atomic E-state index is 0.0657. The van der Waals surface area contributed by atoms with E-state index in [0.29, 0.717) is 37.2 Å². The van der Waals surface area contributed by atoms with E-state index >= 15 is 0 Å². The van der Waals surface area contributed by atoms with Gasteiger partial charge in [-0.25, -0.2) is 0 Å². The molecule has 0 saturated carbocycles. The monoisotopic (exact) mass is 432 g/mol. The Morgan fingerprint density at radius 1 is 1.00 bits per heavy atom. The molecule has 0 aliphatic rings. The first kappa shape index (κ1) is 20.6. The predicted molar refractivity (Wildman–Crippen MR) is 106 cm³/mol. The summed E-state index contributed by atoms with van der Waals surface area (Å²) >= 11 is 3.37. The van der Waals surface area contributed by atoms with Gasteiger partial charge in [-0.15, -0.1) is 0 Å². The van der Waals surface area contributed by atoms with Crippen LogP contribution in [0, 0.1) is 0 Å². The molecular weight excluding hydrogens is 412 g/mol. The van der Waals surface area contributed by atoms with Crippen LogP contribution >= 0.6 is 15.9 Å². The molecule has 2 aromatic rings. The van der Waals surface area contributed by atoms with Crippen LogP contribution in [0.15, 0.2) is 53.0 Å². The molecule has 0 fully saturated rings. The van der Waals surface area contributed by atoms with E-state index in [2.05, 4.69) is 26.6 Å². The molecule has 0 saturated heterocycles. The quantitative estimate of drug-likeness (QED) is 0.381. The zero-order valence-corrected chi connectivity index (χ0v) is 16.5. The van der Waals surface area contributed by atoms with Crippen molar-refractivity contribution in [3.63, 3.8) is 0 Å². The van der Waals surface area contributed by atoms with Crippen LogP contribution in [-0.2, 0) is 16.0 Å². The Kier molecular flexibility index (Phi) is 8.00. The number of hydrogen-bond donors (Lipinski definition) is 2. The van der Waals surface area contributed by atoms with E-state index in [1.807, 2.05) is 24.3 Å². The second-order valence-electron chi connectivity index (χ2n) is 5.85. The Morgan fingerprint density at radius 2 is 1.70 bits per heavy atom. The summed E-state index contributed by atoms with van der Waals surface area (Å²) in [5.41, 5.74) is 1.48. The van der Waals surface area contributed by atoms with E-state index in [4.69, 9.17) is 4.74 Å². The van der Waals surface area contributed by atoms with Gasteiger partial charge >= 0.3 is 5.97 Å². The van der Waals surface area contributed by atoms with Crippen molar-refractivity contribution in [2.45, 2.75) is 19.8 Å². The Hall–Kier alpha value is -2.67. The van der Waals surface area contributed by atoms with Crippen molar-refractivity contribution in [2.75, 3.05) is 13.1 Å². The normalized spacial score (nSPS) is 10.1. The van der Waals surface area contributed by atoms with Crippen LogP contribution < -0.4 is 15.4 Å². The number of nitrogens with one attached hydrogen (secondary N) is 2. The fourth-order valence-corrected chi connectivity index (χ4v) is 2.61. The number of benzene rings is 2. The molecule has 0 atom stereocenters. The molecule has 0 radical (unpaired) electrons. The molecule has 0 spiro atoms. The summed E-state index contributed by atoms with van der Waals surface area (Å²) in [4.78, 5) is 34.9. The molecule has 142 valence electrons. The zero-order chi connectivity index (χ0) is 19.6. The fourth-order valence-electron chi connectivity index (χ4n) is 2.34. The molecule has 2 aromatic carbocycles. The molecule has 6 nitrogen and oxygen atoms in total. The highest BCUT2D eigenvalue weighted by Crippen LogP contribution is 2.13. The van der Waals surface area contributed by atoms with Gasteiger partial charge in [0.1, 0.15) is 5.75 Å². The van der Waals surface area contributed by atoms with Gasteiger partial charge in [-0.05, 0) is 42.3 Å². The Bertz CT molecular complexity index is 806. The second-order valence-corrected chi connectivity index (χ2v) is 6.77. The van der Waals surface area contributed by atoms with Crippen LogP contribution in [0.2, 0.25) is 0 Å². The molecule has 2 N–H and O–H groups in total. The van der Waals surface area contributed by atoms with E-state index in [0.717, 1.165) is 10.0 Å². The number of hydrogen-bond acceptors (Lipinski definition) is 4. The average molecular weight is 433 g/mol. The molecule has 27 heavy (non-hydrogen) atoms. The molecule has 0 aliphatic heterocycles. The molecule has 0 heterocycles. The van der Waals surface area contributed by atoms with Gasteiger partial charge in [0.05, 0.1) is 0 Å². The molecule has 7 heteroatoms. The lowest BCUT2D eigenvalue weighted by Gasteiger charge is -2.08. The number of ether oxygens (including phenoxy) is 1. The van der Waals surface area contributed by atoms with Crippen molar-refractivity contribution in [3.05, 3.63) is 64.1 Å². The van der Waals surface area contributed by atoms with Crippen molar-refractivity contribution >= 4 is 33.7 Å². The van der Waals surface area contributed by atoms with Crippen LogP contribution in [0.1, 0.15) is 29.3 Å². The lowest BCUT2D eigenvalue weighted by Crippen LogP contribution is -2.34. The van der Waals surface area contributed by atoms with E-state index in [1.165, 1.54) is 13.0 Å². The summed E-state index contributed by atoms with van der Waals surface area (Å²) in [6.45, 7) is 1.95. The molecule has 0 aromatic heterocycles. The zero-order valence-electron chi connectivity index (χ0n) is 15.0. The van der Waals surface area contributed by atoms with Gasteiger partial charge in [0.25, 0.3) is 5.91 Å². The topological polar surface area (TPSA) is 84.5 Å². The van der Waals surface area contributed by atoms with Gasteiger partial charge in [-0.3, -0.25) is 14.4 Å². The van der Waals surface area contributed by atoms with Crippen molar-refractivity contribution in [1.29, 1.82) is 0 Å². The van der Waals surface area contributed by atoms with E-state index in [1.54, 1.807) is 18.2 Å². The standard InChI is InChI=1S/C20H21BrN2O4/c1-14(24)27-18-4-2-3-16(13-18)20(26)23-12-11-22-19(25)10-7-15-5-8-17(21)9-6-15/h2-6,8-9,13H,7,10-12H2,1H3,(H,22,25)(H,23,26). The number of halogens is 1. The molecular formula is C20H21BrN2O4. The highest BCUT2D eigenvalue weighted by Gasteiger charge is 2.08. The van der Waals surface area contributed by atoms with Gasteiger partial charge < -0.3 is 15.4 Å². The van der Waals surface area contributed by atoms with E-state index in [-0.39, 0.29) is 11.8 Å². The summed E-state index contributed by atoms with van der Waals surface area (Å²) in [6.07, 6.45) is 1.05. The van der Waals surface area contributed by atoms with Crippen LogP contribution in [0.4, 0.5) is 0 Å². The van der Waals surface area contributed by atoms with Crippen molar-refractivity contribution in [1.82, 2.24) is 10.6 Å². The summed E-state index contributed by atoms with van der Waals surface area (Å²) in [5.74, 6) is -0.494. The van der Waals surface area contributed by atoms with Crippen molar-refractivity contribution < 1.29 is 19.1 Å². The van der Waals surface area contributed by atoms with Crippen molar-refractivity contribution in [3.8, 4) is 5.75 Å². The highest BCUT2D eigenvalue weighted by atomic mass is 79.9. The maximum Gasteiger partial charge on any atom is 0.308 e. The smallest absolute Gasteiger partial charge is 0.308 e. The molecule has 0 aliphatic carbocycles. The lowest BCUT2D eigenvalue weighted by molar-refractivity contribution is -0.131. The van der Waals surface area contributed by atoms with Crippen LogP contribution in [0.5, 0.6) is 5.75 Å². The van der Waals surface area contributed by atoms with Gasteiger partial charge in [-0.2, -0.15) is 0 Å². The van der Waals surface area contributed by atoms with Crippen LogP contribution in [-0.4, -0.2) is 30.9 Å². The third kappa shape index (κ3) is 7.62. The van der Waals surface area contributed by atoms with Gasteiger partial charge in [-0.1, -0.05) is 34.1 Å². The second kappa shape index (κ2) is 10.5. The third-order valence-electron chi connectivity index (χ3n) is 3.64. The summed E-state index contributed by atoms with van der Waals surface area (Å²) < 4.78 is 5.96. The first-order chi connectivity index (χ1) is 12.9. The third-order valence-corrected chi connectivity index (χ3v) is 4.17. The number of esters is 1. The van der Waals surface area contributed by atoms with Crippen LogP contribution in [0.3, 0.4) is 0 Å². The number of aryl methyl sites for hydroxylation is 1. The number of amides is 2. The first-order valence-electron chi connectivity index (χ1n) is 8.52. The fraction of sp³-hybridized carbons (Fsp3) is 0.250. The molecule has 0 bridgehead atoms. The van der Waals surface area contributed by atoms with Gasteiger partial charge in [0.2, 0.25) is 5.91 Å². The number of rotatable bonds is 8. The van der Waals surface area contributed by atoms with Crippen LogP contribution in [0.25, 0.3) is 0 Å². The van der Waals surface area contributed by atoms with E-state index < -0.39 is 5.97 Å². The maximum absolute atomic E-state index is 12.1. The molecule has 2 rings (SSSR count).